The van der Waals surface area contributed by atoms with E-state index in [1.165, 1.54) is 23.5 Å². The fraction of sp³-hybridized carbons (Fsp3) is 0.125. The van der Waals surface area contributed by atoms with Crippen molar-refractivity contribution in [1.82, 2.24) is 19.4 Å². The molecule has 1 aliphatic heterocycles. The lowest BCUT2D eigenvalue weighted by Gasteiger charge is -2.28. The Morgan fingerprint density at radius 2 is 1.75 bits per heavy atom. The zero-order valence-corrected chi connectivity index (χ0v) is 24.2. The first-order chi connectivity index (χ1) is 21.6. The van der Waals surface area contributed by atoms with Crippen molar-refractivity contribution in [2.24, 2.45) is 0 Å². The fourth-order valence-electron chi connectivity index (χ4n) is 5.08. The number of ether oxygens (including phenoxy) is 1. The van der Waals surface area contributed by atoms with Crippen LogP contribution in [-0.2, 0) is 4.74 Å². The number of carbonyl (C=O) groups is 1. The van der Waals surface area contributed by atoms with Crippen molar-refractivity contribution in [3.05, 3.63) is 102 Å². The predicted octanol–water partition coefficient (Wildman–Crippen LogP) is 6.88. The number of nitrogens with one attached hydrogen (secondary N) is 3. The molecule has 0 aliphatic carbocycles. The molecule has 10 nitrogen and oxygen atoms in total. The first kappa shape index (κ1) is 27.5. The molecule has 220 valence electrons. The molecule has 44 heavy (non-hydrogen) atoms. The molecule has 4 heterocycles. The summed E-state index contributed by atoms with van der Waals surface area (Å²) in [6.07, 6.45) is 3.67. The van der Waals surface area contributed by atoms with Crippen molar-refractivity contribution in [3.8, 4) is 22.6 Å². The molecule has 0 saturated carbocycles. The van der Waals surface area contributed by atoms with Gasteiger partial charge in [-0.05, 0) is 54.6 Å². The average molecular weight is 607 g/mol. The number of benzene rings is 3. The van der Waals surface area contributed by atoms with Crippen molar-refractivity contribution < 1.29 is 13.9 Å². The van der Waals surface area contributed by atoms with Crippen molar-refractivity contribution >= 4 is 51.0 Å². The van der Waals surface area contributed by atoms with E-state index in [1.54, 1.807) is 24.4 Å². The molecule has 6 aromatic rings. The van der Waals surface area contributed by atoms with Gasteiger partial charge in [-0.3, -0.25) is 4.40 Å². The Balaban J connectivity index is 1.14. The Hall–Kier alpha value is -5.33. The van der Waals surface area contributed by atoms with Gasteiger partial charge < -0.3 is 25.6 Å². The molecule has 0 radical (unpaired) electrons. The molecule has 7 rings (SSSR count). The summed E-state index contributed by atoms with van der Waals surface area (Å²) < 4.78 is 21.5. The Morgan fingerprint density at radius 3 is 2.59 bits per heavy atom. The molecule has 1 fully saturated rings. The number of fused-ring (bicyclic) bond motifs is 1. The summed E-state index contributed by atoms with van der Waals surface area (Å²) in [4.78, 5) is 29.9. The molecule has 1 aliphatic rings. The van der Waals surface area contributed by atoms with Crippen LogP contribution in [0.5, 0.6) is 0 Å². The van der Waals surface area contributed by atoms with Gasteiger partial charge in [-0.2, -0.15) is 0 Å². The summed E-state index contributed by atoms with van der Waals surface area (Å²) in [6.45, 7) is 3.23. The number of rotatable bonds is 7. The van der Waals surface area contributed by atoms with Crippen LogP contribution in [0.1, 0.15) is 0 Å². The van der Waals surface area contributed by atoms with Gasteiger partial charge in [-0.15, -0.1) is 11.3 Å². The molecule has 3 aromatic carbocycles. The molecular weight excluding hydrogens is 579 g/mol. The highest BCUT2D eigenvalue weighted by Gasteiger charge is 2.19. The second-order valence-electron chi connectivity index (χ2n) is 10.0. The average Bonchev–Trinajstić information content (AvgIpc) is 3.65. The normalized spacial score (nSPS) is 13.2. The maximum Gasteiger partial charge on any atom is 0.323 e. The molecule has 0 unspecified atom stereocenters. The highest BCUT2D eigenvalue weighted by atomic mass is 32.1. The Bertz CT molecular complexity index is 1930. The van der Waals surface area contributed by atoms with E-state index >= 15 is 0 Å². The Labute approximate surface area is 256 Å². The molecule has 0 spiro atoms. The maximum atomic E-state index is 14.0. The highest BCUT2D eigenvalue weighted by molar-refractivity contribution is 7.15. The summed E-state index contributed by atoms with van der Waals surface area (Å²) in [7, 11) is 0. The van der Waals surface area contributed by atoms with Gasteiger partial charge in [-0.1, -0.05) is 24.3 Å². The SMILES string of the molecule is O=C(Nc1cccc(-c2nc3sccn3c2-c2ccnc(Nc3ccc(N4CCOCC4)cc3)n2)c1)Nc1ccccc1F. The minimum Gasteiger partial charge on any atom is -0.378 e. The number of amides is 2. The van der Waals surface area contributed by atoms with Crippen LogP contribution >= 0.6 is 11.3 Å². The molecule has 2 amide bonds. The monoisotopic (exact) mass is 606 g/mol. The van der Waals surface area contributed by atoms with Crippen LogP contribution < -0.4 is 20.9 Å². The summed E-state index contributed by atoms with van der Waals surface area (Å²) >= 11 is 1.51. The van der Waals surface area contributed by atoms with Crippen molar-refractivity contribution in [1.29, 1.82) is 0 Å². The van der Waals surface area contributed by atoms with E-state index < -0.39 is 11.8 Å². The zero-order valence-electron chi connectivity index (χ0n) is 23.4. The molecule has 1 saturated heterocycles. The van der Waals surface area contributed by atoms with Crippen molar-refractivity contribution in [3.63, 3.8) is 0 Å². The van der Waals surface area contributed by atoms with Crippen LogP contribution in [0.3, 0.4) is 0 Å². The van der Waals surface area contributed by atoms with E-state index in [0.717, 1.165) is 53.9 Å². The van der Waals surface area contributed by atoms with Crippen LogP contribution in [0, 0.1) is 5.82 Å². The van der Waals surface area contributed by atoms with Crippen LogP contribution in [0.4, 0.5) is 37.9 Å². The molecule has 3 N–H and O–H groups in total. The first-order valence-electron chi connectivity index (χ1n) is 14.0. The number of aromatic nitrogens is 4. The molecular formula is C32H27FN8O2S. The van der Waals surface area contributed by atoms with Crippen LogP contribution in [0.2, 0.25) is 0 Å². The zero-order chi connectivity index (χ0) is 29.9. The molecule has 0 bridgehead atoms. The largest absolute Gasteiger partial charge is 0.378 e. The quantitative estimate of drug-likeness (QED) is 0.182. The number of imidazole rings is 1. The molecule has 3 aromatic heterocycles. The van der Waals surface area contributed by atoms with Gasteiger partial charge in [0.15, 0.2) is 4.96 Å². The van der Waals surface area contributed by atoms with E-state index in [4.69, 9.17) is 14.7 Å². The third kappa shape index (κ3) is 5.80. The third-order valence-corrected chi connectivity index (χ3v) is 7.93. The van der Waals surface area contributed by atoms with Crippen molar-refractivity contribution in [2.45, 2.75) is 0 Å². The number of morpholine rings is 1. The highest BCUT2D eigenvalue weighted by Crippen LogP contribution is 2.35. The van der Waals surface area contributed by atoms with E-state index in [9.17, 15) is 9.18 Å². The standard InChI is InChI=1S/C32H27FN8O2S/c33-25-6-1-2-7-26(25)38-31(42)36-23-5-3-4-21(20-23)28-29(41-16-19-44-32(41)39-28)27-12-13-34-30(37-27)35-22-8-10-24(11-9-22)40-14-17-43-18-15-40/h1-13,16,19-20H,14-15,17-18H2,(H,34,35,37)(H2,36,38,42). The summed E-state index contributed by atoms with van der Waals surface area (Å²) in [6, 6.07) is 22.8. The van der Waals surface area contributed by atoms with Gasteiger partial charge >= 0.3 is 6.03 Å². The number of thiazole rings is 1. The lowest BCUT2D eigenvalue weighted by Crippen LogP contribution is -2.36. The summed E-state index contributed by atoms with van der Waals surface area (Å²) in [5.41, 5.74) is 5.62. The van der Waals surface area contributed by atoms with Crippen LogP contribution in [-0.4, -0.2) is 51.7 Å². The van der Waals surface area contributed by atoms with Gasteiger partial charge in [0, 0.05) is 53.5 Å². The first-order valence-corrected chi connectivity index (χ1v) is 14.9. The number of nitrogens with zero attached hydrogens (tertiary/aromatic N) is 5. The number of hydrogen-bond donors (Lipinski definition) is 3. The number of anilines is 5. The second-order valence-corrected chi connectivity index (χ2v) is 10.9. The number of carbonyl (C=O) groups excluding carboxylic acids is 1. The Kier molecular flexibility index (Phi) is 7.57. The molecule has 12 heteroatoms. The van der Waals surface area contributed by atoms with E-state index in [-0.39, 0.29) is 5.69 Å². The number of para-hydroxylation sites is 1. The van der Waals surface area contributed by atoms with Crippen LogP contribution in [0.25, 0.3) is 27.6 Å². The van der Waals surface area contributed by atoms with Gasteiger partial charge in [0.2, 0.25) is 5.95 Å². The Morgan fingerprint density at radius 1 is 0.909 bits per heavy atom. The maximum absolute atomic E-state index is 14.0. The lowest BCUT2D eigenvalue weighted by atomic mass is 10.1. The van der Waals surface area contributed by atoms with Crippen molar-refractivity contribution in [2.75, 3.05) is 47.2 Å². The minimum atomic E-state index is -0.553. The van der Waals surface area contributed by atoms with Crippen LogP contribution in [0.15, 0.2) is 96.6 Å². The van der Waals surface area contributed by atoms with Gasteiger partial charge in [0.1, 0.15) is 11.5 Å². The number of hydrogen-bond acceptors (Lipinski definition) is 8. The van der Waals surface area contributed by atoms with Gasteiger partial charge in [0.05, 0.1) is 30.3 Å². The topological polar surface area (TPSA) is 109 Å². The van der Waals surface area contributed by atoms with Gasteiger partial charge in [-0.25, -0.2) is 24.1 Å². The number of urea groups is 1. The lowest BCUT2D eigenvalue weighted by molar-refractivity contribution is 0.122. The molecule has 0 atom stereocenters. The van der Waals surface area contributed by atoms with Gasteiger partial charge in [0.25, 0.3) is 0 Å². The number of halogens is 1. The van der Waals surface area contributed by atoms with E-state index in [0.29, 0.717) is 23.0 Å². The summed E-state index contributed by atoms with van der Waals surface area (Å²) in [5, 5.41) is 10.6. The fourth-order valence-corrected chi connectivity index (χ4v) is 5.79. The predicted molar refractivity (Wildman–Crippen MR) is 171 cm³/mol. The smallest absolute Gasteiger partial charge is 0.323 e. The minimum absolute atomic E-state index is 0.0963. The van der Waals surface area contributed by atoms with E-state index in [2.05, 4.69) is 38.0 Å². The summed E-state index contributed by atoms with van der Waals surface area (Å²) in [5.74, 6) is -0.0548. The third-order valence-electron chi connectivity index (χ3n) is 7.18. The van der Waals surface area contributed by atoms with E-state index in [1.807, 2.05) is 52.4 Å². The second kappa shape index (κ2) is 12.1.